The zero-order valence-electron chi connectivity index (χ0n) is 4.20. The molecule has 2 nitrogen and oxygen atoms in total. The topological polar surface area (TPSA) is 24.4 Å². The first kappa shape index (κ1) is 10.7. The molecule has 0 aliphatic carbocycles. The van der Waals surface area contributed by atoms with Crippen LogP contribution in [0.4, 0.5) is 0 Å². The highest BCUT2D eigenvalue weighted by atomic mass is 35.5. The lowest BCUT2D eigenvalue weighted by Crippen LogP contribution is -2.04. The van der Waals surface area contributed by atoms with Gasteiger partial charge in [-0.2, -0.15) is 0 Å². The number of rotatable bonds is 0. The van der Waals surface area contributed by atoms with Gasteiger partial charge in [0.2, 0.25) is 0 Å². The van der Waals surface area contributed by atoms with Crippen LogP contribution in [-0.4, -0.2) is 12.9 Å². The van der Waals surface area contributed by atoms with E-state index in [1.165, 1.54) is 0 Å². The molecule has 1 rings (SSSR count). The van der Waals surface area contributed by atoms with Crippen LogP contribution in [0.1, 0.15) is 0 Å². The Labute approximate surface area is 60.9 Å². The first-order valence-electron chi connectivity index (χ1n) is 1.89. The van der Waals surface area contributed by atoms with E-state index in [1.54, 1.807) is 6.34 Å². The van der Waals surface area contributed by atoms with Crippen LogP contribution in [0.15, 0.2) is 17.3 Å². The van der Waals surface area contributed by atoms with Gasteiger partial charge in [0.1, 0.15) is 0 Å². The van der Waals surface area contributed by atoms with E-state index in [0.29, 0.717) is 0 Å². The lowest BCUT2D eigenvalue weighted by Gasteiger charge is -1.91. The van der Waals surface area contributed by atoms with Crippen molar-refractivity contribution in [2.75, 3.05) is 6.54 Å². The fourth-order valence-corrected chi connectivity index (χ4v) is 0.330. The number of hydrogen-bond acceptors (Lipinski definition) is 2. The van der Waals surface area contributed by atoms with Crippen molar-refractivity contribution in [3.05, 3.63) is 12.3 Å². The van der Waals surface area contributed by atoms with E-state index in [4.69, 9.17) is 0 Å². The molecule has 0 spiro atoms. The van der Waals surface area contributed by atoms with Crippen molar-refractivity contribution in [2.45, 2.75) is 0 Å². The third-order valence-corrected chi connectivity index (χ3v) is 0.591. The zero-order chi connectivity index (χ0) is 4.24. The molecule has 0 unspecified atom stereocenters. The van der Waals surface area contributed by atoms with Gasteiger partial charge in [-0.3, -0.25) is 4.99 Å². The molecule has 0 saturated heterocycles. The molecular formula is C4H8Cl2N2. The molecule has 0 amide bonds. The third-order valence-electron chi connectivity index (χ3n) is 0.591. The average Bonchev–Trinajstić information content (AvgIpc) is 1.72. The summed E-state index contributed by atoms with van der Waals surface area (Å²) < 4.78 is 0. The van der Waals surface area contributed by atoms with Crippen LogP contribution in [0.5, 0.6) is 0 Å². The highest BCUT2D eigenvalue weighted by Gasteiger charge is 1.73. The fourth-order valence-electron chi connectivity index (χ4n) is 0.330. The summed E-state index contributed by atoms with van der Waals surface area (Å²) >= 11 is 0. The minimum absolute atomic E-state index is 0. The Kier molecular flexibility index (Phi) is 9.09. The summed E-state index contributed by atoms with van der Waals surface area (Å²) in [5, 5.41) is 2.81. The Hall–Kier alpha value is -0.210. The van der Waals surface area contributed by atoms with E-state index >= 15 is 0 Å². The van der Waals surface area contributed by atoms with Gasteiger partial charge in [-0.1, -0.05) is 0 Å². The van der Waals surface area contributed by atoms with E-state index in [0.717, 1.165) is 6.54 Å². The second kappa shape index (κ2) is 6.79. The molecule has 0 aromatic heterocycles. The molecule has 0 atom stereocenters. The van der Waals surface area contributed by atoms with Crippen LogP contribution >= 0.6 is 24.8 Å². The molecule has 0 radical (unpaired) electrons. The monoisotopic (exact) mass is 154 g/mol. The van der Waals surface area contributed by atoms with Crippen molar-refractivity contribution < 1.29 is 0 Å². The average molecular weight is 155 g/mol. The van der Waals surface area contributed by atoms with Crippen LogP contribution in [0.2, 0.25) is 0 Å². The normalized spacial score (nSPS) is 13.0. The predicted octanol–water partition coefficient (Wildman–Crippen LogP) is 0.975. The second-order valence-electron chi connectivity index (χ2n) is 1.06. The van der Waals surface area contributed by atoms with Gasteiger partial charge in [-0.25, -0.2) is 0 Å². The number of aliphatic imine (C=N–C) groups is 1. The maximum atomic E-state index is 3.85. The van der Waals surface area contributed by atoms with Crippen LogP contribution in [0.25, 0.3) is 0 Å². The van der Waals surface area contributed by atoms with Gasteiger partial charge >= 0.3 is 0 Å². The molecular weight excluding hydrogens is 147 g/mol. The number of halogens is 2. The molecule has 0 aromatic carbocycles. The molecule has 1 aliphatic rings. The van der Waals surface area contributed by atoms with Crippen LogP contribution in [-0.2, 0) is 0 Å². The van der Waals surface area contributed by atoms with Crippen molar-refractivity contribution in [2.24, 2.45) is 4.99 Å². The van der Waals surface area contributed by atoms with Gasteiger partial charge in [-0.15, -0.1) is 24.8 Å². The van der Waals surface area contributed by atoms with Crippen molar-refractivity contribution in [3.8, 4) is 0 Å². The molecule has 48 valence electrons. The molecule has 0 saturated carbocycles. The standard InChI is InChI=1S/C4H6N2.2ClH/c1-2-5-4-6-3-1;;/h1-2,4H,3H2,(H,5,6);2*1H. The van der Waals surface area contributed by atoms with Crippen molar-refractivity contribution in [1.82, 2.24) is 5.32 Å². The van der Waals surface area contributed by atoms with Gasteiger partial charge in [0.05, 0.1) is 12.9 Å². The van der Waals surface area contributed by atoms with E-state index in [2.05, 4.69) is 10.3 Å². The van der Waals surface area contributed by atoms with Gasteiger partial charge in [-0.05, 0) is 12.3 Å². The van der Waals surface area contributed by atoms with Crippen molar-refractivity contribution in [1.29, 1.82) is 0 Å². The Balaban J connectivity index is 0. The molecule has 0 bridgehead atoms. The zero-order valence-corrected chi connectivity index (χ0v) is 5.84. The summed E-state index contributed by atoms with van der Waals surface area (Å²) in [4.78, 5) is 3.85. The highest BCUT2D eigenvalue weighted by molar-refractivity contribution is 5.85. The number of nitrogens with one attached hydrogen (secondary N) is 1. The maximum absolute atomic E-state index is 3.85. The largest absolute Gasteiger partial charge is 0.353 e. The fraction of sp³-hybridized carbons (Fsp3) is 0.250. The van der Waals surface area contributed by atoms with Gasteiger partial charge < -0.3 is 5.32 Å². The Bertz CT molecular complexity index is 70.0. The van der Waals surface area contributed by atoms with Gasteiger partial charge in [0.15, 0.2) is 0 Å². The predicted molar refractivity (Wildman–Crippen MR) is 40.1 cm³/mol. The lowest BCUT2D eigenvalue weighted by molar-refractivity contribution is 1.14. The Morgan fingerprint density at radius 3 is 2.25 bits per heavy atom. The van der Waals surface area contributed by atoms with Crippen molar-refractivity contribution >= 4 is 31.2 Å². The summed E-state index contributed by atoms with van der Waals surface area (Å²) in [6.07, 6.45) is 5.51. The summed E-state index contributed by atoms with van der Waals surface area (Å²) in [6, 6.07) is 0. The maximum Gasteiger partial charge on any atom is 0.0867 e. The minimum Gasteiger partial charge on any atom is -0.353 e. The minimum atomic E-state index is 0. The van der Waals surface area contributed by atoms with Gasteiger partial charge in [0.25, 0.3) is 0 Å². The molecule has 4 heteroatoms. The van der Waals surface area contributed by atoms with E-state index < -0.39 is 0 Å². The van der Waals surface area contributed by atoms with Crippen LogP contribution in [0.3, 0.4) is 0 Å². The Morgan fingerprint density at radius 2 is 2.12 bits per heavy atom. The third kappa shape index (κ3) is 3.96. The molecule has 0 fully saturated rings. The molecule has 1 heterocycles. The molecule has 1 aliphatic heterocycles. The smallest absolute Gasteiger partial charge is 0.0867 e. The van der Waals surface area contributed by atoms with Crippen LogP contribution < -0.4 is 5.32 Å². The van der Waals surface area contributed by atoms with E-state index in [-0.39, 0.29) is 24.8 Å². The SMILES string of the molecule is C1=CNC=NC1.Cl.Cl. The van der Waals surface area contributed by atoms with Crippen molar-refractivity contribution in [3.63, 3.8) is 0 Å². The summed E-state index contributed by atoms with van der Waals surface area (Å²) in [6.45, 7) is 0.826. The summed E-state index contributed by atoms with van der Waals surface area (Å²) in [7, 11) is 0. The second-order valence-corrected chi connectivity index (χ2v) is 1.06. The Morgan fingerprint density at radius 1 is 1.38 bits per heavy atom. The van der Waals surface area contributed by atoms with Crippen LogP contribution in [0, 0.1) is 0 Å². The van der Waals surface area contributed by atoms with Gasteiger partial charge in [0, 0.05) is 0 Å². The summed E-state index contributed by atoms with van der Waals surface area (Å²) in [5.41, 5.74) is 0. The first-order valence-corrected chi connectivity index (χ1v) is 1.89. The quantitative estimate of drug-likeness (QED) is 0.553. The number of nitrogens with zero attached hydrogens (tertiary/aromatic N) is 1. The molecule has 0 aromatic rings. The molecule has 1 N–H and O–H groups in total. The first-order chi connectivity index (χ1) is 3.00. The summed E-state index contributed by atoms with van der Waals surface area (Å²) in [5.74, 6) is 0. The van der Waals surface area contributed by atoms with E-state index in [1.807, 2.05) is 12.3 Å². The number of hydrogen-bond donors (Lipinski definition) is 1. The lowest BCUT2D eigenvalue weighted by atomic mass is 10.6. The van der Waals surface area contributed by atoms with E-state index in [9.17, 15) is 0 Å². The highest BCUT2D eigenvalue weighted by Crippen LogP contribution is 1.73. The molecule has 8 heavy (non-hydrogen) atoms.